The molecule has 36 heavy (non-hydrogen) atoms. The van der Waals surface area contributed by atoms with Crippen molar-refractivity contribution in [3.05, 3.63) is 144 Å². The summed E-state index contributed by atoms with van der Waals surface area (Å²) in [4.78, 5) is 2.13. The van der Waals surface area contributed by atoms with Crippen LogP contribution < -0.4 is 4.31 Å². The molecule has 0 bridgehead atoms. The van der Waals surface area contributed by atoms with Gasteiger partial charge in [-0.05, 0) is 34.5 Å². The smallest absolute Gasteiger partial charge is 0.156 e. The SMILES string of the molecule is CC(=S)[NH+]([S-])C(C)=S(Cc1ccccc1)(Cc1ccccc1)(Cc1ccccc1)Cc1ccccc1. The number of nitrogens with one attached hydrogen (secondary N) is 1. The van der Waals surface area contributed by atoms with E-state index in [0.717, 1.165) is 32.3 Å². The van der Waals surface area contributed by atoms with Gasteiger partial charge in [0.1, 0.15) is 4.99 Å². The zero-order valence-corrected chi connectivity index (χ0v) is 23.5. The van der Waals surface area contributed by atoms with Gasteiger partial charge in [-0.25, -0.2) is 0 Å². The summed E-state index contributed by atoms with van der Waals surface area (Å²) in [6, 6.07) is 43.9. The minimum absolute atomic E-state index is 0.813. The van der Waals surface area contributed by atoms with Crippen LogP contribution in [0, 0.1) is 0 Å². The highest BCUT2D eigenvalue weighted by atomic mass is 32.3. The van der Waals surface area contributed by atoms with Crippen LogP contribution in [-0.2, 0) is 35.8 Å². The number of hydrogen-bond acceptors (Lipinski definition) is 2. The van der Waals surface area contributed by atoms with Crippen molar-refractivity contribution in [3.63, 3.8) is 0 Å². The van der Waals surface area contributed by atoms with E-state index in [9.17, 15) is 0 Å². The van der Waals surface area contributed by atoms with Gasteiger partial charge in [-0.2, -0.15) is 8.75 Å². The lowest BCUT2D eigenvalue weighted by atomic mass is 10.2. The number of benzene rings is 4. The Morgan fingerprint density at radius 3 is 1.03 bits per heavy atom. The first-order chi connectivity index (χ1) is 17.4. The molecule has 1 unspecified atom stereocenters. The fourth-order valence-corrected chi connectivity index (χ4v) is 12.6. The summed E-state index contributed by atoms with van der Waals surface area (Å²) in [5, 5.41) is 0. The largest absolute Gasteiger partial charge is 0.483 e. The molecule has 0 radical (unpaired) electrons. The van der Waals surface area contributed by atoms with Gasteiger partial charge in [-0.1, -0.05) is 121 Å². The summed E-state index contributed by atoms with van der Waals surface area (Å²) < 4.78 is 0.866. The standard InChI is InChI=1S/C32H35NS3/c1-27(34)33(35)28(2)36(23-29-15-7-3-8-16-29,24-30-17-9-4-10-18-30,25-31-19-11-5-12-20-31)26-32-21-13-6-14-22-32/h3-22,33H,23-26H2,1-2H3. The normalized spacial score (nSPS) is 13.4. The van der Waals surface area contributed by atoms with E-state index in [0.29, 0.717) is 0 Å². The molecule has 0 fully saturated rings. The van der Waals surface area contributed by atoms with Crippen LogP contribution in [0.15, 0.2) is 121 Å². The second-order valence-electron chi connectivity index (χ2n) is 9.76. The van der Waals surface area contributed by atoms with E-state index in [1.165, 1.54) is 27.2 Å². The van der Waals surface area contributed by atoms with Crippen LogP contribution in [-0.4, -0.2) is 9.98 Å². The molecular weight excluding hydrogens is 495 g/mol. The monoisotopic (exact) mass is 529 g/mol. The van der Waals surface area contributed by atoms with Crippen LogP contribution in [0.3, 0.4) is 0 Å². The molecule has 0 spiro atoms. The molecular formula is C32H35NS3. The van der Waals surface area contributed by atoms with Crippen molar-refractivity contribution in [1.82, 2.24) is 0 Å². The Morgan fingerprint density at radius 1 is 0.556 bits per heavy atom. The number of hydrogen-bond donors (Lipinski definition) is 1. The molecule has 0 aromatic heterocycles. The molecule has 0 aliphatic rings. The number of quaternary nitrogens is 1. The van der Waals surface area contributed by atoms with E-state index >= 15 is 0 Å². The highest BCUT2D eigenvalue weighted by molar-refractivity contribution is 8.45. The minimum Gasteiger partial charge on any atom is -0.483 e. The summed E-state index contributed by atoms with van der Waals surface area (Å²) in [6.45, 7) is 4.27. The molecule has 4 heteroatoms. The van der Waals surface area contributed by atoms with Crippen molar-refractivity contribution >= 4 is 43.8 Å². The lowest BCUT2D eigenvalue weighted by Gasteiger charge is -2.53. The van der Waals surface area contributed by atoms with Gasteiger partial charge in [0.25, 0.3) is 0 Å². The topological polar surface area (TPSA) is 4.44 Å². The number of rotatable bonds is 8. The lowest BCUT2D eigenvalue weighted by Crippen LogP contribution is -3.12. The van der Waals surface area contributed by atoms with Crippen molar-refractivity contribution in [1.29, 1.82) is 0 Å². The molecule has 0 aliphatic carbocycles. The summed E-state index contributed by atoms with van der Waals surface area (Å²) in [6.07, 6.45) is 0. The molecule has 4 aromatic carbocycles. The van der Waals surface area contributed by atoms with Crippen LogP contribution in [0.25, 0.3) is 0 Å². The number of thiocarbonyl (C=S) groups is 1. The van der Waals surface area contributed by atoms with Gasteiger partial charge >= 0.3 is 0 Å². The first-order valence-corrected chi connectivity index (χ1v) is 15.9. The summed E-state index contributed by atoms with van der Waals surface area (Å²) in [5.74, 6) is 3.85. The van der Waals surface area contributed by atoms with Crippen molar-refractivity contribution in [3.8, 4) is 0 Å². The van der Waals surface area contributed by atoms with E-state index in [-0.39, 0.29) is 0 Å². The van der Waals surface area contributed by atoms with E-state index in [2.05, 4.69) is 128 Å². The van der Waals surface area contributed by atoms with Crippen molar-refractivity contribution in [2.24, 2.45) is 0 Å². The predicted molar refractivity (Wildman–Crippen MR) is 165 cm³/mol. The van der Waals surface area contributed by atoms with Crippen molar-refractivity contribution < 1.29 is 4.31 Å². The van der Waals surface area contributed by atoms with Crippen LogP contribution in [0.5, 0.6) is 0 Å². The van der Waals surface area contributed by atoms with Crippen molar-refractivity contribution in [2.75, 3.05) is 0 Å². The molecule has 0 amide bonds. The Bertz CT molecular complexity index is 1160. The summed E-state index contributed by atoms with van der Waals surface area (Å²) >= 11 is 11.9. The molecule has 4 aromatic rings. The first kappa shape index (κ1) is 26.6. The predicted octanol–water partition coefficient (Wildman–Crippen LogP) is 6.97. The average molecular weight is 530 g/mol. The van der Waals surface area contributed by atoms with E-state index in [4.69, 9.17) is 25.0 Å². The van der Waals surface area contributed by atoms with Crippen LogP contribution in [0.4, 0.5) is 0 Å². The average Bonchev–Trinajstić information content (AvgIpc) is 2.90. The molecule has 0 saturated carbocycles. The second-order valence-corrected chi connectivity index (χ2v) is 16.2. The maximum absolute atomic E-state index is 6.13. The third-order valence-electron chi connectivity index (χ3n) is 7.06. The van der Waals surface area contributed by atoms with Crippen LogP contribution in [0.2, 0.25) is 0 Å². The van der Waals surface area contributed by atoms with Gasteiger partial charge in [-0.3, -0.25) is 0 Å². The summed E-state index contributed by atoms with van der Waals surface area (Å²) in [7, 11) is -2.52. The molecule has 0 aliphatic heterocycles. The van der Waals surface area contributed by atoms with Gasteiger partial charge in [0.05, 0.1) is 0 Å². The maximum Gasteiger partial charge on any atom is 0.156 e. The Morgan fingerprint density at radius 2 is 0.806 bits per heavy atom. The highest BCUT2D eigenvalue weighted by Crippen LogP contribution is 2.69. The molecule has 0 heterocycles. The fourth-order valence-electron chi connectivity index (χ4n) is 5.29. The molecule has 0 saturated heterocycles. The Labute approximate surface area is 227 Å². The third-order valence-corrected chi connectivity index (χ3v) is 14.4. The van der Waals surface area contributed by atoms with Crippen LogP contribution in [0.1, 0.15) is 36.1 Å². The molecule has 1 nitrogen and oxygen atoms in total. The Balaban J connectivity index is 2.11. The fraction of sp³-hybridized carbons (Fsp3) is 0.188. The van der Waals surface area contributed by atoms with Crippen LogP contribution >= 0.6 is 21.0 Å². The van der Waals surface area contributed by atoms with E-state index in [1.807, 2.05) is 6.92 Å². The quantitative estimate of drug-likeness (QED) is 0.194. The van der Waals surface area contributed by atoms with Gasteiger partial charge in [-0.15, -0.1) is 0 Å². The third kappa shape index (κ3) is 6.07. The van der Waals surface area contributed by atoms with E-state index in [1.54, 1.807) is 0 Å². The minimum atomic E-state index is -2.52. The zero-order valence-electron chi connectivity index (χ0n) is 21.1. The second kappa shape index (κ2) is 11.7. The van der Waals surface area contributed by atoms with E-state index < -0.39 is 8.75 Å². The van der Waals surface area contributed by atoms with Gasteiger partial charge in [0, 0.05) is 36.9 Å². The Hall–Kier alpha value is -2.50. The van der Waals surface area contributed by atoms with Gasteiger partial charge in [0.15, 0.2) is 4.99 Å². The lowest BCUT2D eigenvalue weighted by molar-refractivity contribution is -0.517. The maximum atomic E-state index is 6.13. The molecule has 1 N–H and O–H groups in total. The highest BCUT2D eigenvalue weighted by Gasteiger charge is 2.40. The molecule has 186 valence electrons. The zero-order chi connectivity index (χ0) is 25.5. The Kier molecular flexibility index (Phi) is 8.63. The van der Waals surface area contributed by atoms with Gasteiger partial charge in [0.2, 0.25) is 0 Å². The van der Waals surface area contributed by atoms with Crippen molar-refractivity contribution in [2.45, 2.75) is 36.9 Å². The molecule has 4 rings (SSSR count). The summed E-state index contributed by atoms with van der Waals surface area (Å²) in [5.41, 5.74) is 5.41. The first-order valence-electron chi connectivity index (χ1n) is 12.3. The molecule has 1 atom stereocenters. The van der Waals surface area contributed by atoms with Gasteiger partial charge < -0.3 is 17.1 Å².